The number of nitrogens with zero attached hydrogens (tertiary/aromatic N) is 1. The highest BCUT2D eigenvalue weighted by atomic mass is 16.7. The Hall–Kier alpha value is -1.07. The molecule has 2 heterocycles. The number of hydrogen-bond donors (Lipinski definition) is 1. The second-order valence-electron chi connectivity index (χ2n) is 8.33. The van der Waals surface area contributed by atoms with Gasteiger partial charge in [-0.05, 0) is 63.4 Å². The Morgan fingerprint density at radius 2 is 1.89 bits per heavy atom. The number of rotatable bonds is 7. The number of ether oxygens (including phenoxy) is 2. The Labute approximate surface area is 164 Å². The molecular formula is C22H37NO4. The summed E-state index contributed by atoms with van der Waals surface area (Å²) in [6.45, 7) is 4.41. The number of aliphatic hydroxyl groups excluding tert-OH is 1. The first-order valence-corrected chi connectivity index (χ1v) is 11.1. The van der Waals surface area contributed by atoms with Gasteiger partial charge in [0.25, 0.3) is 5.91 Å². The van der Waals surface area contributed by atoms with Crippen molar-refractivity contribution in [3.05, 3.63) is 11.8 Å². The summed E-state index contributed by atoms with van der Waals surface area (Å²) in [5.74, 6) is 1.73. The molecule has 3 rings (SSSR count). The fraction of sp³-hybridized carbons (Fsp3) is 0.864. The van der Waals surface area contributed by atoms with Gasteiger partial charge in [0.1, 0.15) is 0 Å². The van der Waals surface area contributed by atoms with Gasteiger partial charge in [0, 0.05) is 32.2 Å². The van der Waals surface area contributed by atoms with Crippen LogP contribution in [0.5, 0.6) is 0 Å². The normalized spacial score (nSPS) is 29.9. The van der Waals surface area contributed by atoms with Gasteiger partial charge in [-0.15, -0.1) is 0 Å². The van der Waals surface area contributed by atoms with E-state index in [4.69, 9.17) is 9.47 Å². The molecule has 5 heteroatoms. The van der Waals surface area contributed by atoms with E-state index in [1.54, 1.807) is 0 Å². The quantitative estimate of drug-likeness (QED) is 0.730. The van der Waals surface area contributed by atoms with E-state index in [2.05, 4.69) is 6.08 Å². The molecule has 2 fully saturated rings. The van der Waals surface area contributed by atoms with Crippen LogP contribution in [0.4, 0.5) is 0 Å². The first-order chi connectivity index (χ1) is 13.2. The van der Waals surface area contributed by atoms with Crippen molar-refractivity contribution in [1.29, 1.82) is 0 Å². The minimum atomic E-state index is -0.370. The lowest BCUT2D eigenvalue weighted by molar-refractivity contribution is -0.181. The monoisotopic (exact) mass is 379 g/mol. The lowest BCUT2D eigenvalue weighted by Crippen LogP contribution is -2.44. The lowest BCUT2D eigenvalue weighted by Gasteiger charge is -2.43. The molecule has 5 nitrogen and oxygen atoms in total. The van der Waals surface area contributed by atoms with E-state index >= 15 is 0 Å². The molecule has 1 amide bonds. The van der Waals surface area contributed by atoms with Crippen molar-refractivity contribution in [3.8, 4) is 0 Å². The number of carbonyl (C=O) groups excluding carboxylic acids is 1. The number of hydrogen-bond acceptors (Lipinski definition) is 4. The van der Waals surface area contributed by atoms with Gasteiger partial charge in [-0.25, -0.2) is 0 Å². The predicted molar refractivity (Wildman–Crippen MR) is 105 cm³/mol. The van der Waals surface area contributed by atoms with E-state index in [0.29, 0.717) is 24.2 Å². The molecule has 0 aromatic carbocycles. The van der Waals surface area contributed by atoms with E-state index in [0.717, 1.165) is 38.8 Å². The standard InChI is InChI=1S/C22H37NO4/c1-2-26-22-18(12-9-15-24)19(17-10-8-11-17)16-20(27-22)21(25)23-13-6-4-3-5-7-14-23/h16-19,22,24H,2-15H2,1H3/t18-,19+,22+/m0/s1. The van der Waals surface area contributed by atoms with Crippen LogP contribution in [0.15, 0.2) is 11.8 Å². The number of carbonyl (C=O) groups is 1. The number of aliphatic hydroxyl groups is 1. The van der Waals surface area contributed by atoms with Gasteiger partial charge < -0.3 is 19.5 Å². The first-order valence-electron chi connectivity index (χ1n) is 11.1. The molecule has 0 aromatic heterocycles. The number of likely N-dealkylation sites (tertiary alicyclic amines) is 1. The van der Waals surface area contributed by atoms with Crippen molar-refractivity contribution in [2.24, 2.45) is 17.8 Å². The van der Waals surface area contributed by atoms with Gasteiger partial charge in [0.2, 0.25) is 6.29 Å². The van der Waals surface area contributed by atoms with Crippen LogP contribution in [0, 0.1) is 17.8 Å². The third-order valence-corrected chi connectivity index (χ3v) is 6.51. The van der Waals surface area contributed by atoms with Gasteiger partial charge >= 0.3 is 0 Å². The summed E-state index contributed by atoms with van der Waals surface area (Å²) in [5, 5.41) is 9.31. The highest BCUT2D eigenvalue weighted by Gasteiger charge is 2.42. The van der Waals surface area contributed by atoms with Gasteiger partial charge in [-0.3, -0.25) is 4.79 Å². The highest BCUT2D eigenvalue weighted by molar-refractivity contribution is 5.91. The Bertz CT molecular complexity index is 495. The average Bonchev–Trinajstić information content (AvgIpc) is 2.59. The molecule has 1 aliphatic carbocycles. The van der Waals surface area contributed by atoms with E-state index in [-0.39, 0.29) is 24.7 Å². The van der Waals surface area contributed by atoms with Crippen LogP contribution in [0.3, 0.4) is 0 Å². The molecule has 1 saturated heterocycles. The zero-order valence-electron chi connectivity index (χ0n) is 16.9. The van der Waals surface area contributed by atoms with Crippen molar-refractivity contribution in [3.63, 3.8) is 0 Å². The summed E-state index contributed by atoms with van der Waals surface area (Å²) in [5.41, 5.74) is 0. The van der Waals surface area contributed by atoms with E-state index in [1.807, 2.05) is 11.8 Å². The third-order valence-electron chi connectivity index (χ3n) is 6.51. The minimum absolute atomic E-state index is 0.0477. The molecule has 154 valence electrons. The van der Waals surface area contributed by atoms with Crippen LogP contribution in [0.25, 0.3) is 0 Å². The molecule has 0 unspecified atom stereocenters. The van der Waals surface area contributed by atoms with Gasteiger partial charge in [0.15, 0.2) is 5.76 Å². The number of allylic oxidation sites excluding steroid dienone is 1. The average molecular weight is 380 g/mol. The van der Waals surface area contributed by atoms with Gasteiger partial charge in [-0.2, -0.15) is 0 Å². The maximum Gasteiger partial charge on any atom is 0.288 e. The van der Waals surface area contributed by atoms with E-state index < -0.39 is 0 Å². The minimum Gasteiger partial charge on any atom is -0.459 e. The molecule has 1 N–H and O–H groups in total. The highest BCUT2D eigenvalue weighted by Crippen LogP contribution is 2.44. The molecule has 0 radical (unpaired) electrons. The summed E-state index contributed by atoms with van der Waals surface area (Å²) in [6, 6.07) is 0. The molecule has 3 aliphatic rings. The fourth-order valence-corrected chi connectivity index (χ4v) is 4.75. The zero-order chi connectivity index (χ0) is 19.1. The maximum absolute atomic E-state index is 13.2. The first kappa shape index (κ1) is 20.7. The van der Waals surface area contributed by atoms with Crippen molar-refractivity contribution in [1.82, 2.24) is 4.90 Å². The molecular weight excluding hydrogens is 342 g/mol. The van der Waals surface area contributed by atoms with Crippen molar-refractivity contribution < 1.29 is 19.4 Å². The topological polar surface area (TPSA) is 59.0 Å². The molecule has 0 spiro atoms. The molecule has 3 atom stereocenters. The Morgan fingerprint density at radius 3 is 2.48 bits per heavy atom. The lowest BCUT2D eigenvalue weighted by atomic mass is 9.68. The summed E-state index contributed by atoms with van der Waals surface area (Å²) in [4.78, 5) is 15.2. The summed E-state index contributed by atoms with van der Waals surface area (Å²) < 4.78 is 12.1. The smallest absolute Gasteiger partial charge is 0.288 e. The SMILES string of the molecule is CCO[C@@H]1OC(C(=O)N2CCCCCCC2)=C[C@H](C2CCC2)[C@@H]1CCCO. The molecule has 1 saturated carbocycles. The van der Waals surface area contributed by atoms with Crippen LogP contribution in [0.1, 0.15) is 71.1 Å². The van der Waals surface area contributed by atoms with Crippen molar-refractivity contribution in [2.45, 2.75) is 77.4 Å². The maximum atomic E-state index is 13.2. The molecule has 0 aromatic rings. The second kappa shape index (κ2) is 10.5. The van der Waals surface area contributed by atoms with E-state index in [9.17, 15) is 9.90 Å². The summed E-state index contributed by atoms with van der Waals surface area (Å²) in [7, 11) is 0. The van der Waals surface area contributed by atoms with E-state index in [1.165, 1.54) is 38.5 Å². The molecule has 2 aliphatic heterocycles. The van der Waals surface area contributed by atoms with Crippen LogP contribution in [-0.4, -0.2) is 48.5 Å². The van der Waals surface area contributed by atoms with Gasteiger partial charge in [0.05, 0.1) is 0 Å². The Kier molecular flexibility index (Phi) is 8.01. The summed E-state index contributed by atoms with van der Waals surface area (Å²) in [6.07, 6.45) is 13.0. The Balaban J connectivity index is 1.77. The largest absolute Gasteiger partial charge is 0.459 e. The van der Waals surface area contributed by atoms with Crippen LogP contribution < -0.4 is 0 Å². The van der Waals surface area contributed by atoms with Crippen LogP contribution in [-0.2, 0) is 14.3 Å². The fourth-order valence-electron chi connectivity index (χ4n) is 4.75. The van der Waals surface area contributed by atoms with Gasteiger partial charge in [-0.1, -0.05) is 25.7 Å². The molecule has 27 heavy (non-hydrogen) atoms. The van der Waals surface area contributed by atoms with Crippen LogP contribution >= 0.6 is 0 Å². The van der Waals surface area contributed by atoms with Crippen molar-refractivity contribution in [2.75, 3.05) is 26.3 Å². The second-order valence-corrected chi connectivity index (χ2v) is 8.33. The molecule has 0 bridgehead atoms. The third kappa shape index (κ3) is 5.26. The zero-order valence-corrected chi connectivity index (χ0v) is 16.9. The summed E-state index contributed by atoms with van der Waals surface area (Å²) >= 11 is 0. The van der Waals surface area contributed by atoms with Crippen LogP contribution in [0.2, 0.25) is 0 Å². The van der Waals surface area contributed by atoms with Crippen molar-refractivity contribution >= 4 is 5.91 Å². The Morgan fingerprint density at radius 1 is 1.19 bits per heavy atom. The predicted octanol–water partition coefficient (Wildman–Crippen LogP) is 3.86. The number of amides is 1.